The van der Waals surface area contributed by atoms with E-state index in [4.69, 9.17) is 56.8 Å². The summed E-state index contributed by atoms with van der Waals surface area (Å²) in [6.07, 6.45) is 0.148. The second kappa shape index (κ2) is 42.1. The van der Waals surface area contributed by atoms with Crippen LogP contribution in [-0.2, 0) is 76.0 Å². The van der Waals surface area contributed by atoms with Crippen LogP contribution in [0, 0.1) is 0 Å². The predicted molar refractivity (Wildman–Crippen MR) is 342 cm³/mol. The van der Waals surface area contributed by atoms with E-state index in [1.54, 1.807) is 52.0 Å². The van der Waals surface area contributed by atoms with Crippen molar-refractivity contribution >= 4 is 30.0 Å². The van der Waals surface area contributed by atoms with E-state index >= 15 is 0 Å². The zero-order valence-electron chi connectivity index (χ0n) is 56.4. The fraction of sp³-hybridized carbons (Fsp3) is 0.831. The van der Waals surface area contributed by atoms with E-state index in [0.29, 0.717) is 24.8 Å². The van der Waals surface area contributed by atoms with Crippen molar-refractivity contribution < 1.29 is 102 Å². The number of ether oxygens (including phenoxy) is 12. The maximum absolute atomic E-state index is 14.0. The number of hydrogen-bond donors (Lipinski definition) is 5. The summed E-state index contributed by atoms with van der Waals surface area (Å²) in [5.74, 6) is -2.77. The molecule has 0 saturated carbocycles. The van der Waals surface area contributed by atoms with Crippen LogP contribution in [0.1, 0.15) is 253 Å². The predicted octanol–water partition coefficient (Wildman–Crippen LogP) is 10.8. The van der Waals surface area contributed by atoms with Crippen LogP contribution in [-0.4, -0.2) is 178 Å². The van der Waals surface area contributed by atoms with Gasteiger partial charge in [0.2, 0.25) is 0 Å². The fourth-order valence-electron chi connectivity index (χ4n) is 12.9. The molecule has 0 spiro atoms. The van der Waals surface area contributed by atoms with Gasteiger partial charge >= 0.3 is 23.9 Å². The third kappa shape index (κ3) is 25.1. The second-order valence-electron chi connectivity index (χ2n) is 26.3. The van der Waals surface area contributed by atoms with Crippen molar-refractivity contribution in [2.45, 2.75) is 376 Å². The Balaban J connectivity index is 1.25. The van der Waals surface area contributed by atoms with E-state index in [9.17, 15) is 44.7 Å². The third-order valence-corrected chi connectivity index (χ3v) is 18.5. The van der Waals surface area contributed by atoms with Crippen molar-refractivity contribution in [2.24, 2.45) is 0 Å². The van der Waals surface area contributed by atoms with Crippen molar-refractivity contribution in [3.63, 3.8) is 0 Å². The van der Waals surface area contributed by atoms with E-state index in [2.05, 4.69) is 20.8 Å². The molecule has 5 aliphatic rings. The number of carbonyl (C=O) groups excluding carboxylic acids is 4. The molecule has 5 N–H and O–H groups in total. The van der Waals surface area contributed by atoms with Crippen molar-refractivity contribution in [1.82, 2.24) is 0 Å². The molecule has 0 unspecified atom stereocenters. The molecule has 5 aliphatic heterocycles. The van der Waals surface area contributed by atoms with Gasteiger partial charge in [-0.3, -0.25) is 14.4 Å². The van der Waals surface area contributed by atoms with Crippen molar-refractivity contribution in [2.75, 3.05) is 0 Å². The van der Waals surface area contributed by atoms with Gasteiger partial charge in [-0.25, -0.2) is 4.79 Å². The number of esters is 4. The standard InChI is InChI=1S/C71H116O21/c1-8-11-14-16-18-19-23-27-34-41-52(72)86-61-47(5)83-70(66(58(61)78)89-55(75)45-44-50-37-31-29-32-38-50)91-63-49(7)82-68(60(80)64(63)87-53(73)42-35-26-21-17-15-12-9-2)90-62-48(6)84-71-67(59(62)79)88-54(74)43-36-28-24-20-22-25-33-40-51(39-30-13-10-3)85-69-65(92-71)57(77)56(76)46(4)81-69/h29,31-32,37-38,44-49,51,56-71,76-80H,8-28,30,33-36,39-43H2,1-7H3/b45-44+/t46-,47+,48+,49+,51+,56+,57+,58-,59-,60-,61+,62+,63+,64+,65-,66-,67-,68+,69+,70+,71+/m1/s1. The third-order valence-electron chi connectivity index (χ3n) is 18.5. The number of benzene rings is 1. The highest BCUT2D eigenvalue weighted by Crippen LogP contribution is 2.38. The van der Waals surface area contributed by atoms with Gasteiger partial charge in [-0.15, -0.1) is 0 Å². The molecule has 92 heavy (non-hydrogen) atoms. The molecule has 21 heteroatoms. The lowest BCUT2D eigenvalue weighted by molar-refractivity contribution is -0.387. The van der Waals surface area contributed by atoms with Crippen LogP contribution >= 0.6 is 0 Å². The Morgan fingerprint density at radius 3 is 1.61 bits per heavy atom. The average Bonchev–Trinajstić information content (AvgIpc) is 0.877. The van der Waals surface area contributed by atoms with E-state index < -0.39 is 147 Å². The minimum absolute atomic E-state index is 0.0109. The van der Waals surface area contributed by atoms with Crippen LogP contribution in [0.25, 0.3) is 6.08 Å². The summed E-state index contributed by atoms with van der Waals surface area (Å²) in [7, 11) is 0. The van der Waals surface area contributed by atoms with Crippen LogP contribution in [0.4, 0.5) is 0 Å². The van der Waals surface area contributed by atoms with Crippen LogP contribution < -0.4 is 0 Å². The Bertz CT molecular complexity index is 2260. The number of unbranched alkanes of at least 4 members (excludes halogenated alkanes) is 16. The molecule has 0 aliphatic carbocycles. The smallest absolute Gasteiger partial charge is 0.331 e. The van der Waals surface area contributed by atoms with Crippen molar-refractivity contribution in [1.29, 1.82) is 0 Å². The van der Waals surface area contributed by atoms with Gasteiger partial charge in [0.25, 0.3) is 0 Å². The molecule has 5 saturated heterocycles. The quantitative estimate of drug-likeness (QED) is 0.0200. The first-order chi connectivity index (χ1) is 44.4. The Morgan fingerprint density at radius 1 is 0.467 bits per heavy atom. The summed E-state index contributed by atoms with van der Waals surface area (Å²) in [5.41, 5.74) is 0.693. The number of aliphatic hydroxyl groups excluding tert-OH is 5. The summed E-state index contributed by atoms with van der Waals surface area (Å²) in [4.78, 5) is 55.0. The van der Waals surface area contributed by atoms with Gasteiger partial charge in [-0.05, 0) is 71.4 Å². The average molecular weight is 1310 g/mol. The molecule has 5 fully saturated rings. The molecule has 21 nitrogen and oxygen atoms in total. The summed E-state index contributed by atoms with van der Waals surface area (Å²) in [6.45, 7) is 12.8. The van der Waals surface area contributed by atoms with Crippen molar-refractivity contribution in [3.05, 3.63) is 42.0 Å². The second-order valence-corrected chi connectivity index (χ2v) is 26.3. The van der Waals surface area contributed by atoms with Crippen molar-refractivity contribution in [3.8, 4) is 0 Å². The summed E-state index contributed by atoms with van der Waals surface area (Å²) < 4.78 is 75.9. The zero-order valence-corrected chi connectivity index (χ0v) is 56.4. The van der Waals surface area contributed by atoms with E-state index in [1.165, 1.54) is 37.8 Å². The first-order valence-electron chi connectivity index (χ1n) is 35.6. The van der Waals surface area contributed by atoms with Crippen LogP contribution in [0.5, 0.6) is 0 Å². The SMILES string of the molecule is CCCCCCCCCCCC(=O)O[C@@H]1[C@@H](O)[C@@H](OC(=O)/C=C/c2ccccc2)[C@H](O[C@@H]2[C@@H](OC(=O)CCCCCCCCC)[C@@H](O)[C@H](O[C@@H]3[C@@H](O)[C@H]4OC(=O)CCCCCCCCC[C@H](CCCCC)O[C@@H]5O[C@H](C)[C@H](O)[C@H](O)[C@H]5O[C@@H]4O[C@H]3C)O[C@H]2C)O[C@H]1C. The Kier molecular flexibility index (Phi) is 35.4. The van der Waals surface area contributed by atoms with E-state index in [1.807, 2.05) is 6.07 Å². The van der Waals surface area contributed by atoms with E-state index in [0.717, 1.165) is 135 Å². The van der Waals surface area contributed by atoms with Gasteiger partial charge in [-0.1, -0.05) is 199 Å². The molecule has 0 bridgehead atoms. The molecule has 21 atom stereocenters. The Labute approximate surface area is 547 Å². The molecular weight excluding hydrogens is 1190 g/mol. The first-order valence-corrected chi connectivity index (χ1v) is 35.6. The van der Waals surface area contributed by atoms with Crippen LogP contribution in [0.3, 0.4) is 0 Å². The number of hydrogen-bond acceptors (Lipinski definition) is 21. The highest BCUT2D eigenvalue weighted by atomic mass is 16.8. The lowest BCUT2D eigenvalue weighted by Crippen LogP contribution is -2.67. The van der Waals surface area contributed by atoms with E-state index in [-0.39, 0.29) is 25.4 Å². The molecule has 5 heterocycles. The fourth-order valence-corrected chi connectivity index (χ4v) is 12.9. The number of aliphatic hydroxyl groups is 5. The monoisotopic (exact) mass is 1300 g/mol. The largest absolute Gasteiger partial charge is 0.457 e. The van der Waals surface area contributed by atoms with Gasteiger partial charge < -0.3 is 82.4 Å². The molecule has 0 amide bonds. The number of carbonyl (C=O) groups is 4. The van der Waals surface area contributed by atoms with Gasteiger partial charge in [0, 0.05) is 25.3 Å². The van der Waals surface area contributed by atoms with Gasteiger partial charge in [0.05, 0.1) is 30.5 Å². The van der Waals surface area contributed by atoms with Gasteiger partial charge in [-0.2, -0.15) is 0 Å². The van der Waals surface area contributed by atoms with Crippen LogP contribution in [0.2, 0.25) is 0 Å². The highest BCUT2D eigenvalue weighted by Gasteiger charge is 2.57. The molecule has 1 aromatic carbocycles. The topological polar surface area (TPSA) is 280 Å². The lowest BCUT2D eigenvalue weighted by Gasteiger charge is -2.49. The zero-order chi connectivity index (χ0) is 66.4. The Morgan fingerprint density at radius 2 is 0.978 bits per heavy atom. The molecule has 1 aromatic rings. The first kappa shape index (κ1) is 77.3. The minimum atomic E-state index is -1.87. The van der Waals surface area contributed by atoms with Crippen LogP contribution in [0.15, 0.2) is 36.4 Å². The lowest BCUT2D eigenvalue weighted by atomic mass is 9.95. The number of rotatable bonds is 31. The summed E-state index contributed by atoms with van der Waals surface area (Å²) in [6, 6.07) is 9.01. The Hall–Kier alpha value is -3.68. The maximum Gasteiger partial charge on any atom is 0.331 e. The molecule has 0 aromatic heterocycles. The maximum atomic E-state index is 14.0. The molecule has 0 radical (unpaired) electrons. The molecular formula is C71H116O21. The highest BCUT2D eigenvalue weighted by molar-refractivity contribution is 5.87. The normalized spacial score (nSPS) is 34.6. The molecule has 526 valence electrons. The minimum Gasteiger partial charge on any atom is -0.457 e. The summed E-state index contributed by atoms with van der Waals surface area (Å²) in [5, 5.41) is 60.1. The summed E-state index contributed by atoms with van der Waals surface area (Å²) >= 11 is 0. The van der Waals surface area contributed by atoms with Gasteiger partial charge in [0.1, 0.15) is 48.8 Å². The molecule has 6 rings (SSSR count). The number of fused-ring (bicyclic) bond motifs is 2. The van der Waals surface area contributed by atoms with Gasteiger partial charge in [0.15, 0.2) is 49.6 Å².